The summed E-state index contributed by atoms with van der Waals surface area (Å²) in [5, 5.41) is 3.15. The summed E-state index contributed by atoms with van der Waals surface area (Å²) in [7, 11) is 1.83. The van der Waals surface area contributed by atoms with E-state index in [1.54, 1.807) is 18.2 Å². The molecule has 0 aliphatic heterocycles. The summed E-state index contributed by atoms with van der Waals surface area (Å²) < 4.78 is 26.0. The zero-order chi connectivity index (χ0) is 13.0. The molecule has 0 aliphatic rings. The SMILES string of the molecule is CNC(Cc1ccc(F)cc1)c1cccc(F)c1. The van der Waals surface area contributed by atoms with Crippen LogP contribution in [0, 0.1) is 11.6 Å². The lowest BCUT2D eigenvalue weighted by Gasteiger charge is -2.16. The first-order valence-corrected chi connectivity index (χ1v) is 5.86. The number of hydrogen-bond acceptors (Lipinski definition) is 1. The van der Waals surface area contributed by atoms with Crippen molar-refractivity contribution in [3.63, 3.8) is 0 Å². The fraction of sp³-hybridized carbons (Fsp3) is 0.200. The van der Waals surface area contributed by atoms with Crippen molar-refractivity contribution >= 4 is 0 Å². The van der Waals surface area contributed by atoms with Crippen molar-refractivity contribution in [2.45, 2.75) is 12.5 Å². The van der Waals surface area contributed by atoms with Gasteiger partial charge in [-0.15, -0.1) is 0 Å². The van der Waals surface area contributed by atoms with Crippen LogP contribution in [0.4, 0.5) is 8.78 Å². The summed E-state index contributed by atoms with van der Waals surface area (Å²) in [6, 6.07) is 12.9. The normalized spacial score (nSPS) is 12.4. The minimum Gasteiger partial charge on any atom is -0.313 e. The molecule has 3 heteroatoms. The molecule has 2 rings (SSSR count). The van der Waals surface area contributed by atoms with E-state index in [1.807, 2.05) is 13.1 Å². The monoisotopic (exact) mass is 247 g/mol. The molecular weight excluding hydrogens is 232 g/mol. The van der Waals surface area contributed by atoms with Gasteiger partial charge in [0.25, 0.3) is 0 Å². The zero-order valence-electron chi connectivity index (χ0n) is 10.2. The van der Waals surface area contributed by atoms with Crippen molar-refractivity contribution in [1.82, 2.24) is 5.32 Å². The Morgan fingerprint density at radius 1 is 1.00 bits per heavy atom. The van der Waals surface area contributed by atoms with Gasteiger partial charge in [-0.2, -0.15) is 0 Å². The first-order valence-electron chi connectivity index (χ1n) is 5.86. The van der Waals surface area contributed by atoms with Crippen LogP contribution in [0.5, 0.6) is 0 Å². The molecule has 1 unspecified atom stereocenters. The average Bonchev–Trinajstić information content (AvgIpc) is 2.38. The molecule has 0 spiro atoms. The van der Waals surface area contributed by atoms with Gasteiger partial charge in [0.05, 0.1) is 0 Å². The van der Waals surface area contributed by atoms with Gasteiger partial charge in [0.15, 0.2) is 0 Å². The molecule has 0 amide bonds. The van der Waals surface area contributed by atoms with Crippen molar-refractivity contribution in [2.75, 3.05) is 7.05 Å². The lowest BCUT2D eigenvalue weighted by Crippen LogP contribution is -2.18. The Balaban J connectivity index is 2.17. The molecule has 0 bridgehead atoms. The van der Waals surface area contributed by atoms with Gasteiger partial charge < -0.3 is 5.32 Å². The molecule has 2 aromatic rings. The van der Waals surface area contributed by atoms with Crippen LogP contribution >= 0.6 is 0 Å². The van der Waals surface area contributed by atoms with Gasteiger partial charge in [-0.25, -0.2) is 8.78 Å². The first-order chi connectivity index (χ1) is 8.69. The Hall–Kier alpha value is -1.74. The lowest BCUT2D eigenvalue weighted by molar-refractivity contribution is 0.576. The quantitative estimate of drug-likeness (QED) is 0.872. The van der Waals surface area contributed by atoms with E-state index >= 15 is 0 Å². The Labute approximate surface area is 105 Å². The highest BCUT2D eigenvalue weighted by Crippen LogP contribution is 2.19. The molecule has 0 saturated carbocycles. The summed E-state index contributed by atoms with van der Waals surface area (Å²) in [6.07, 6.45) is 0.695. The fourth-order valence-corrected chi connectivity index (χ4v) is 1.97. The smallest absolute Gasteiger partial charge is 0.123 e. The Kier molecular flexibility index (Phi) is 4.05. The number of benzene rings is 2. The van der Waals surface area contributed by atoms with E-state index in [0.717, 1.165) is 11.1 Å². The topological polar surface area (TPSA) is 12.0 Å². The zero-order valence-corrected chi connectivity index (χ0v) is 10.2. The number of hydrogen-bond donors (Lipinski definition) is 1. The van der Waals surface area contributed by atoms with Crippen LogP contribution in [0.15, 0.2) is 48.5 Å². The molecule has 0 saturated heterocycles. The second-order valence-electron chi connectivity index (χ2n) is 4.23. The number of rotatable bonds is 4. The van der Waals surface area contributed by atoms with Gasteiger partial charge in [0.1, 0.15) is 11.6 Å². The van der Waals surface area contributed by atoms with Crippen molar-refractivity contribution < 1.29 is 8.78 Å². The van der Waals surface area contributed by atoms with Crippen LogP contribution in [-0.4, -0.2) is 7.05 Å². The van der Waals surface area contributed by atoms with E-state index in [2.05, 4.69) is 5.32 Å². The molecule has 0 aliphatic carbocycles. The minimum absolute atomic E-state index is 0.0196. The average molecular weight is 247 g/mol. The third kappa shape index (κ3) is 3.14. The Morgan fingerprint density at radius 3 is 2.33 bits per heavy atom. The van der Waals surface area contributed by atoms with E-state index < -0.39 is 0 Å². The predicted molar refractivity (Wildman–Crippen MR) is 68.3 cm³/mol. The van der Waals surface area contributed by atoms with Gasteiger partial charge in [-0.05, 0) is 48.9 Å². The molecule has 1 nitrogen and oxygen atoms in total. The molecular formula is C15H15F2N. The largest absolute Gasteiger partial charge is 0.313 e. The summed E-state index contributed by atoms with van der Waals surface area (Å²) in [5.74, 6) is -0.489. The minimum atomic E-state index is -0.245. The van der Waals surface area contributed by atoms with E-state index in [-0.39, 0.29) is 17.7 Å². The van der Waals surface area contributed by atoms with Crippen LogP contribution in [0.2, 0.25) is 0 Å². The Morgan fingerprint density at radius 2 is 1.72 bits per heavy atom. The van der Waals surface area contributed by atoms with Gasteiger partial charge in [0.2, 0.25) is 0 Å². The van der Waals surface area contributed by atoms with Crippen LogP contribution in [0.25, 0.3) is 0 Å². The van der Waals surface area contributed by atoms with E-state index in [0.29, 0.717) is 6.42 Å². The van der Waals surface area contributed by atoms with Gasteiger partial charge >= 0.3 is 0 Å². The highest BCUT2D eigenvalue weighted by atomic mass is 19.1. The molecule has 1 atom stereocenters. The van der Waals surface area contributed by atoms with Gasteiger partial charge in [-0.3, -0.25) is 0 Å². The molecule has 0 fully saturated rings. The van der Waals surface area contributed by atoms with Crippen molar-refractivity contribution in [3.05, 3.63) is 71.3 Å². The first kappa shape index (κ1) is 12.7. The van der Waals surface area contributed by atoms with Crippen LogP contribution in [-0.2, 0) is 6.42 Å². The highest BCUT2D eigenvalue weighted by Gasteiger charge is 2.10. The molecule has 0 aromatic heterocycles. The van der Waals surface area contributed by atoms with E-state index in [9.17, 15) is 8.78 Å². The molecule has 18 heavy (non-hydrogen) atoms. The molecule has 0 radical (unpaired) electrons. The van der Waals surface area contributed by atoms with E-state index in [4.69, 9.17) is 0 Å². The summed E-state index contributed by atoms with van der Waals surface area (Å²) in [4.78, 5) is 0. The van der Waals surface area contributed by atoms with Gasteiger partial charge in [-0.1, -0.05) is 24.3 Å². The van der Waals surface area contributed by atoms with Crippen molar-refractivity contribution in [2.24, 2.45) is 0 Å². The van der Waals surface area contributed by atoms with Crippen molar-refractivity contribution in [3.8, 4) is 0 Å². The summed E-state index contributed by atoms with van der Waals surface area (Å²) in [6.45, 7) is 0. The standard InChI is InChI=1S/C15H15F2N/c1-18-15(12-3-2-4-14(17)10-12)9-11-5-7-13(16)8-6-11/h2-8,10,15,18H,9H2,1H3. The summed E-state index contributed by atoms with van der Waals surface area (Å²) >= 11 is 0. The molecule has 2 aromatic carbocycles. The number of likely N-dealkylation sites (N-methyl/N-ethyl adjacent to an activating group) is 1. The third-order valence-corrected chi connectivity index (χ3v) is 2.95. The van der Waals surface area contributed by atoms with Crippen LogP contribution in [0.1, 0.15) is 17.2 Å². The van der Waals surface area contributed by atoms with Gasteiger partial charge in [0, 0.05) is 6.04 Å². The maximum atomic E-state index is 13.2. The van der Waals surface area contributed by atoms with Crippen LogP contribution < -0.4 is 5.32 Å². The number of nitrogens with one attached hydrogen (secondary N) is 1. The maximum Gasteiger partial charge on any atom is 0.123 e. The van der Waals surface area contributed by atoms with Crippen LogP contribution in [0.3, 0.4) is 0 Å². The second kappa shape index (κ2) is 5.74. The summed E-state index contributed by atoms with van der Waals surface area (Å²) in [5.41, 5.74) is 1.90. The predicted octanol–water partition coefficient (Wildman–Crippen LogP) is 3.47. The van der Waals surface area contributed by atoms with Crippen molar-refractivity contribution in [1.29, 1.82) is 0 Å². The highest BCUT2D eigenvalue weighted by molar-refractivity contribution is 5.24. The fourth-order valence-electron chi connectivity index (χ4n) is 1.97. The molecule has 0 heterocycles. The van der Waals surface area contributed by atoms with E-state index in [1.165, 1.54) is 24.3 Å². The molecule has 94 valence electrons. The number of halogens is 2. The lowest BCUT2D eigenvalue weighted by atomic mass is 9.99. The molecule has 1 N–H and O–H groups in total. The maximum absolute atomic E-state index is 13.2. The third-order valence-electron chi connectivity index (χ3n) is 2.95. The second-order valence-corrected chi connectivity index (χ2v) is 4.23. The Bertz CT molecular complexity index is 508.